The van der Waals surface area contributed by atoms with Crippen LogP contribution >= 0.6 is 12.2 Å². The summed E-state index contributed by atoms with van der Waals surface area (Å²) in [6.45, 7) is 2.40. The van der Waals surface area contributed by atoms with Crippen molar-refractivity contribution in [1.29, 1.82) is 0 Å². The van der Waals surface area contributed by atoms with Gasteiger partial charge in [0.05, 0.1) is 6.54 Å². The number of H-pyrrole nitrogens is 1. The van der Waals surface area contributed by atoms with Gasteiger partial charge in [0.2, 0.25) is 5.91 Å². The van der Waals surface area contributed by atoms with Crippen LogP contribution in [0.4, 0.5) is 10.1 Å². The molecule has 0 bridgehead atoms. The van der Waals surface area contributed by atoms with Gasteiger partial charge in [-0.1, -0.05) is 18.2 Å². The Morgan fingerprint density at radius 1 is 1.00 bits per heavy atom. The molecule has 2 heterocycles. The number of imidazole rings is 1. The van der Waals surface area contributed by atoms with Gasteiger partial charge in [0, 0.05) is 43.8 Å². The highest BCUT2D eigenvalue weighted by atomic mass is 32.1. The van der Waals surface area contributed by atoms with Crippen molar-refractivity contribution in [3.63, 3.8) is 0 Å². The number of carbonyl (C=O) groups excluding carboxylic acids is 2. The van der Waals surface area contributed by atoms with Crippen molar-refractivity contribution in [2.75, 3.05) is 38.0 Å². The highest BCUT2D eigenvalue weighted by molar-refractivity contribution is 7.71. The maximum Gasteiger partial charge on any atom is 0.272 e. The van der Waals surface area contributed by atoms with Crippen molar-refractivity contribution in [1.82, 2.24) is 19.4 Å². The summed E-state index contributed by atoms with van der Waals surface area (Å²) in [6, 6.07) is 15.2. The van der Waals surface area contributed by atoms with Gasteiger partial charge in [-0.3, -0.25) is 19.1 Å². The quantitative estimate of drug-likeness (QED) is 0.600. The number of piperazine rings is 1. The summed E-state index contributed by atoms with van der Waals surface area (Å²) in [7, 11) is 0. The fourth-order valence-corrected chi connectivity index (χ4v) is 3.83. The number of nitrogens with zero attached hydrogens (tertiary/aromatic N) is 3. The van der Waals surface area contributed by atoms with Crippen molar-refractivity contribution in [2.24, 2.45) is 0 Å². The Bertz CT molecular complexity index is 1120. The second-order valence-electron chi connectivity index (χ2n) is 7.27. The topological polar surface area (TPSA) is 73.4 Å². The minimum absolute atomic E-state index is 0.105. The first-order valence-corrected chi connectivity index (χ1v) is 10.3. The van der Waals surface area contributed by atoms with Gasteiger partial charge in [-0.15, -0.1) is 0 Å². The van der Waals surface area contributed by atoms with Crippen LogP contribution in [0.1, 0.15) is 10.5 Å². The molecule has 2 amide bonds. The molecule has 31 heavy (non-hydrogen) atoms. The molecule has 9 heteroatoms. The largest absolute Gasteiger partial charge is 0.336 e. The first-order valence-electron chi connectivity index (χ1n) is 9.94. The van der Waals surface area contributed by atoms with Crippen LogP contribution in [0.5, 0.6) is 0 Å². The number of rotatable bonds is 5. The third-order valence-corrected chi connectivity index (χ3v) is 5.46. The summed E-state index contributed by atoms with van der Waals surface area (Å²) in [5, 5.41) is 2.76. The maximum absolute atomic E-state index is 13.1. The number of halogens is 1. The summed E-state index contributed by atoms with van der Waals surface area (Å²) in [6.07, 6.45) is 1.64. The lowest BCUT2D eigenvalue weighted by Crippen LogP contribution is -2.50. The second-order valence-corrected chi connectivity index (χ2v) is 7.66. The van der Waals surface area contributed by atoms with E-state index >= 15 is 0 Å². The fraction of sp³-hybridized carbons (Fsp3) is 0.227. The fourth-order valence-electron chi connectivity index (χ4n) is 3.57. The van der Waals surface area contributed by atoms with E-state index in [4.69, 9.17) is 12.2 Å². The summed E-state index contributed by atoms with van der Waals surface area (Å²) in [4.78, 5) is 32.1. The van der Waals surface area contributed by atoms with Gasteiger partial charge in [-0.05, 0) is 48.6 Å². The SMILES string of the molecule is O=C(CN1CCN(C(=O)c2c[nH]c(=S)n2-c2ccccc2)CC1)Nc1ccc(F)cc1. The van der Waals surface area contributed by atoms with Crippen LogP contribution in [0.15, 0.2) is 60.8 Å². The Hall–Kier alpha value is -3.30. The lowest BCUT2D eigenvalue weighted by atomic mass is 10.2. The van der Waals surface area contributed by atoms with E-state index in [9.17, 15) is 14.0 Å². The van der Waals surface area contributed by atoms with E-state index in [2.05, 4.69) is 10.3 Å². The molecule has 1 aromatic heterocycles. The minimum Gasteiger partial charge on any atom is -0.336 e. The van der Waals surface area contributed by atoms with E-state index in [1.807, 2.05) is 35.2 Å². The van der Waals surface area contributed by atoms with Gasteiger partial charge in [-0.25, -0.2) is 4.39 Å². The highest BCUT2D eigenvalue weighted by Gasteiger charge is 2.26. The van der Waals surface area contributed by atoms with E-state index in [-0.39, 0.29) is 24.2 Å². The molecule has 7 nitrogen and oxygen atoms in total. The number of nitrogens with one attached hydrogen (secondary N) is 2. The molecule has 1 fully saturated rings. The van der Waals surface area contributed by atoms with E-state index in [1.165, 1.54) is 24.3 Å². The lowest BCUT2D eigenvalue weighted by molar-refractivity contribution is -0.117. The molecule has 1 aliphatic heterocycles. The standard InChI is InChI=1S/C22H22FN5O2S/c23-16-6-8-17(9-7-16)25-20(29)15-26-10-12-27(13-11-26)21(30)19-14-24-22(31)28(19)18-4-2-1-3-5-18/h1-9,14H,10-13,15H2,(H,24,31)(H,25,29). The molecule has 0 unspecified atom stereocenters. The van der Waals surface area contributed by atoms with Crippen LogP contribution in [0.25, 0.3) is 5.69 Å². The predicted octanol–water partition coefficient (Wildman–Crippen LogP) is 3.07. The Labute approximate surface area is 184 Å². The minimum atomic E-state index is -0.349. The summed E-state index contributed by atoms with van der Waals surface area (Å²) >= 11 is 5.37. The van der Waals surface area contributed by atoms with Crippen molar-refractivity contribution < 1.29 is 14.0 Å². The monoisotopic (exact) mass is 439 g/mol. The zero-order chi connectivity index (χ0) is 21.8. The van der Waals surface area contributed by atoms with E-state index < -0.39 is 0 Å². The number of carbonyl (C=O) groups is 2. The summed E-state index contributed by atoms with van der Waals surface area (Å²) in [5.41, 5.74) is 1.87. The third-order valence-electron chi connectivity index (χ3n) is 5.16. The van der Waals surface area contributed by atoms with Crippen LogP contribution in [0.3, 0.4) is 0 Å². The molecular weight excluding hydrogens is 417 g/mol. The lowest BCUT2D eigenvalue weighted by Gasteiger charge is -2.34. The van der Waals surface area contributed by atoms with Crippen LogP contribution in [0, 0.1) is 10.6 Å². The predicted molar refractivity (Wildman–Crippen MR) is 118 cm³/mol. The first-order chi connectivity index (χ1) is 15.0. The van der Waals surface area contributed by atoms with Gasteiger partial charge in [0.1, 0.15) is 11.5 Å². The van der Waals surface area contributed by atoms with E-state index in [0.717, 1.165) is 5.69 Å². The molecule has 2 aromatic carbocycles. The molecule has 3 aromatic rings. The van der Waals surface area contributed by atoms with Gasteiger partial charge in [0.15, 0.2) is 4.77 Å². The molecule has 0 saturated carbocycles. The molecule has 0 radical (unpaired) electrons. The Morgan fingerprint density at radius 2 is 1.68 bits per heavy atom. The normalized spacial score (nSPS) is 14.4. The van der Waals surface area contributed by atoms with Crippen molar-refractivity contribution in [3.8, 4) is 5.69 Å². The average Bonchev–Trinajstić information content (AvgIpc) is 3.17. The number of anilines is 1. The van der Waals surface area contributed by atoms with Crippen LogP contribution < -0.4 is 5.32 Å². The molecule has 0 atom stereocenters. The smallest absolute Gasteiger partial charge is 0.272 e. The van der Waals surface area contributed by atoms with Crippen molar-refractivity contribution in [3.05, 3.63) is 77.1 Å². The molecule has 1 aliphatic rings. The Kier molecular flexibility index (Phi) is 6.24. The summed E-state index contributed by atoms with van der Waals surface area (Å²) < 4.78 is 15.2. The van der Waals surface area contributed by atoms with Gasteiger partial charge >= 0.3 is 0 Å². The van der Waals surface area contributed by atoms with Crippen molar-refractivity contribution in [2.45, 2.75) is 0 Å². The zero-order valence-electron chi connectivity index (χ0n) is 16.8. The van der Waals surface area contributed by atoms with Gasteiger partial charge < -0.3 is 15.2 Å². The maximum atomic E-state index is 13.1. The number of benzene rings is 2. The van der Waals surface area contributed by atoms with Gasteiger partial charge in [0.25, 0.3) is 5.91 Å². The molecule has 0 spiro atoms. The molecule has 2 N–H and O–H groups in total. The number of hydrogen-bond acceptors (Lipinski definition) is 4. The molecule has 160 valence electrons. The van der Waals surface area contributed by atoms with Crippen molar-refractivity contribution >= 4 is 29.7 Å². The molecule has 1 saturated heterocycles. The molecule has 4 rings (SSSR count). The zero-order valence-corrected chi connectivity index (χ0v) is 17.6. The summed E-state index contributed by atoms with van der Waals surface area (Å²) in [5.74, 6) is -0.626. The number of para-hydroxylation sites is 1. The van der Waals surface area contributed by atoms with E-state index in [1.54, 1.807) is 15.7 Å². The van der Waals surface area contributed by atoms with Gasteiger partial charge in [-0.2, -0.15) is 0 Å². The number of hydrogen-bond donors (Lipinski definition) is 2. The number of aromatic amines is 1. The van der Waals surface area contributed by atoms with Crippen LogP contribution in [-0.2, 0) is 4.79 Å². The average molecular weight is 440 g/mol. The second kappa shape index (κ2) is 9.23. The highest BCUT2D eigenvalue weighted by Crippen LogP contribution is 2.16. The third kappa shape index (κ3) is 4.89. The van der Waals surface area contributed by atoms with Crippen LogP contribution in [-0.4, -0.2) is 63.9 Å². The Balaban J connectivity index is 1.35. The van der Waals surface area contributed by atoms with Crippen LogP contribution in [0.2, 0.25) is 0 Å². The Morgan fingerprint density at radius 3 is 2.35 bits per heavy atom. The molecular formula is C22H22FN5O2S. The number of amides is 2. The number of aromatic nitrogens is 2. The first kappa shape index (κ1) is 21.0. The molecule has 0 aliphatic carbocycles. The van der Waals surface area contributed by atoms with E-state index in [0.29, 0.717) is 42.3 Å².